The molecule has 12 nitrogen and oxygen atoms in total. The summed E-state index contributed by atoms with van der Waals surface area (Å²) >= 11 is 1.15. The normalized spacial score (nSPS) is 17.0. The molecular weight excluding hydrogens is 522 g/mol. The van der Waals surface area contributed by atoms with Gasteiger partial charge in [0, 0.05) is 36.7 Å². The standard InChI is InChI=1S/C26H25N7O5S/c1-13-9-19(32-8-7-15(11-32)24(35)28-18-6-5-16(38-2)10-27-18)29-23-20(13)21(34)17(25(36)37)12-33(23)26-30-22(31-39-26)14-3-4-14/h5-6,9-10,12,14-15H,3-4,7-8,11H2,1-2H3,(H,36,37)(H,27,28,35). The van der Waals surface area contributed by atoms with Crippen LogP contribution in [-0.4, -0.2) is 61.1 Å². The molecule has 0 aromatic carbocycles. The molecule has 5 heterocycles. The van der Waals surface area contributed by atoms with E-state index in [0.29, 0.717) is 59.2 Å². The lowest BCUT2D eigenvalue weighted by atomic mass is 10.1. The molecule has 0 bridgehead atoms. The third kappa shape index (κ3) is 4.69. The zero-order valence-corrected chi connectivity index (χ0v) is 22.1. The van der Waals surface area contributed by atoms with Crippen LogP contribution in [0.3, 0.4) is 0 Å². The Hall–Kier alpha value is -4.39. The number of rotatable bonds is 7. The lowest BCUT2D eigenvalue weighted by molar-refractivity contribution is -0.119. The minimum atomic E-state index is -1.31. The second kappa shape index (κ2) is 9.73. The minimum Gasteiger partial charge on any atom is -0.495 e. The average Bonchev–Trinajstić information content (AvgIpc) is 3.44. The van der Waals surface area contributed by atoms with Gasteiger partial charge < -0.3 is 20.1 Å². The van der Waals surface area contributed by atoms with Gasteiger partial charge in [-0.1, -0.05) is 0 Å². The fraction of sp³-hybridized carbons (Fsp3) is 0.346. The lowest BCUT2D eigenvalue weighted by Gasteiger charge is -2.20. The Balaban J connectivity index is 1.32. The highest BCUT2D eigenvalue weighted by Gasteiger charge is 2.31. The Morgan fingerprint density at radius 2 is 2.03 bits per heavy atom. The van der Waals surface area contributed by atoms with Gasteiger partial charge in [0.05, 0.1) is 24.6 Å². The number of nitrogens with zero attached hydrogens (tertiary/aromatic N) is 6. The number of hydrogen-bond donors (Lipinski definition) is 2. The number of nitrogens with one attached hydrogen (secondary N) is 1. The van der Waals surface area contributed by atoms with Gasteiger partial charge in [-0.2, -0.15) is 4.37 Å². The van der Waals surface area contributed by atoms with E-state index in [2.05, 4.69) is 19.7 Å². The molecule has 1 amide bonds. The van der Waals surface area contributed by atoms with E-state index < -0.39 is 11.4 Å². The van der Waals surface area contributed by atoms with Crippen LogP contribution in [0.25, 0.3) is 16.2 Å². The number of methoxy groups -OCH3 is 1. The summed E-state index contributed by atoms with van der Waals surface area (Å²) in [4.78, 5) is 53.6. The van der Waals surface area contributed by atoms with Crippen molar-refractivity contribution in [2.24, 2.45) is 5.92 Å². The van der Waals surface area contributed by atoms with Gasteiger partial charge in [-0.05, 0) is 49.9 Å². The summed E-state index contributed by atoms with van der Waals surface area (Å²) in [6.07, 6.45) is 5.50. The van der Waals surface area contributed by atoms with Crippen LogP contribution in [0, 0.1) is 12.8 Å². The first-order valence-electron chi connectivity index (χ1n) is 12.5. The molecule has 2 N–H and O–H groups in total. The number of carbonyl (C=O) groups is 2. The van der Waals surface area contributed by atoms with Crippen LogP contribution >= 0.6 is 11.5 Å². The first-order valence-corrected chi connectivity index (χ1v) is 13.3. The Morgan fingerprint density at radius 3 is 2.72 bits per heavy atom. The molecule has 1 saturated heterocycles. The summed E-state index contributed by atoms with van der Waals surface area (Å²) in [6, 6.07) is 5.18. The van der Waals surface area contributed by atoms with Crippen LogP contribution in [0.5, 0.6) is 5.75 Å². The van der Waals surface area contributed by atoms with Crippen LogP contribution in [0.4, 0.5) is 11.6 Å². The van der Waals surface area contributed by atoms with Crippen molar-refractivity contribution < 1.29 is 19.4 Å². The summed E-state index contributed by atoms with van der Waals surface area (Å²) in [5.41, 5.74) is -0.0378. The molecule has 13 heteroatoms. The zero-order valence-electron chi connectivity index (χ0n) is 21.2. The molecular formula is C26H25N7O5S. The van der Waals surface area contributed by atoms with E-state index in [0.717, 1.165) is 30.2 Å². The van der Waals surface area contributed by atoms with E-state index in [1.807, 2.05) is 4.90 Å². The fourth-order valence-electron chi connectivity index (χ4n) is 4.75. The highest BCUT2D eigenvalue weighted by atomic mass is 32.1. The van der Waals surface area contributed by atoms with E-state index in [4.69, 9.17) is 9.72 Å². The molecule has 4 aromatic heterocycles. The summed E-state index contributed by atoms with van der Waals surface area (Å²) in [5, 5.41) is 13.2. The van der Waals surface area contributed by atoms with E-state index in [1.54, 1.807) is 43.0 Å². The molecule has 39 heavy (non-hydrogen) atoms. The van der Waals surface area contributed by atoms with Crippen molar-refractivity contribution in [2.45, 2.75) is 32.1 Å². The van der Waals surface area contributed by atoms with Crippen molar-refractivity contribution in [1.29, 1.82) is 0 Å². The number of pyridine rings is 3. The third-order valence-electron chi connectivity index (χ3n) is 7.06. The van der Waals surface area contributed by atoms with Gasteiger partial charge in [0.15, 0.2) is 5.65 Å². The number of anilines is 2. The van der Waals surface area contributed by atoms with E-state index in [1.165, 1.54) is 6.20 Å². The Kier molecular flexibility index (Phi) is 6.22. The van der Waals surface area contributed by atoms with Gasteiger partial charge in [-0.25, -0.2) is 19.7 Å². The highest BCUT2D eigenvalue weighted by Crippen LogP contribution is 2.39. The van der Waals surface area contributed by atoms with E-state index in [-0.39, 0.29) is 22.8 Å². The van der Waals surface area contributed by atoms with Crippen LogP contribution in [-0.2, 0) is 4.79 Å². The molecule has 1 aliphatic heterocycles. The monoisotopic (exact) mass is 547 g/mol. The molecule has 1 unspecified atom stereocenters. The molecule has 0 spiro atoms. The summed E-state index contributed by atoms with van der Waals surface area (Å²) < 4.78 is 11.1. The van der Waals surface area contributed by atoms with Gasteiger partial charge in [-0.15, -0.1) is 0 Å². The molecule has 6 rings (SSSR count). The minimum absolute atomic E-state index is 0.142. The van der Waals surface area contributed by atoms with Crippen LogP contribution < -0.4 is 20.4 Å². The molecule has 1 aliphatic carbocycles. The number of carboxylic acids is 1. The van der Waals surface area contributed by atoms with Gasteiger partial charge >= 0.3 is 5.97 Å². The molecule has 0 radical (unpaired) electrons. The SMILES string of the molecule is COc1ccc(NC(=O)C2CCN(c3cc(C)c4c(=O)c(C(=O)O)cn(-c5nc(C6CC6)ns5)c4n3)C2)nc1. The van der Waals surface area contributed by atoms with Crippen molar-refractivity contribution in [3.8, 4) is 10.9 Å². The summed E-state index contributed by atoms with van der Waals surface area (Å²) in [5.74, 6) is 0.956. The summed E-state index contributed by atoms with van der Waals surface area (Å²) in [6.45, 7) is 2.78. The van der Waals surface area contributed by atoms with Crippen LogP contribution in [0.15, 0.2) is 35.4 Å². The average molecular weight is 548 g/mol. The predicted octanol–water partition coefficient (Wildman–Crippen LogP) is 2.99. The predicted molar refractivity (Wildman–Crippen MR) is 144 cm³/mol. The number of aromatic nitrogens is 5. The maximum Gasteiger partial charge on any atom is 0.341 e. The second-order valence-electron chi connectivity index (χ2n) is 9.76. The molecule has 200 valence electrons. The van der Waals surface area contributed by atoms with Crippen LogP contribution in [0.1, 0.15) is 46.9 Å². The first kappa shape index (κ1) is 24.9. The van der Waals surface area contributed by atoms with Crippen molar-refractivity contribution in [3.63, 3.8) is 0 Å². The second-order valence-corrected chi connectivity index (χ2v) is 10.5. The highest BCUT2D eigenvalue weighted by molar-refractivity contribution is 7.08. The van der Waals surface area contributed by atoms with Crippen LogP contribution in [0.2, 0.25) is 0 Å². The Labute approximate surface area is 226 Å². The van der Waals surface area contributed by atoms with Crippen molar-refractivity contribution >= 4 is 46.1 Å². The number of carbonyl (C=O) groups excluding carboxylic acids is 1. The van der Waals surface area contributed by atoms with Gasteiger partial charge in [0.25, 0.3) is 0 Å². The van der Waals surface area contributed by atoms with Gasteiger partial charge in [-0.3, -0.25) is 14.2 Å². The number of aryl methyl sites for hydroxylation is 1. The van der Waals surface area contributed by atoms with E-state index in [9.17, 15) is 19.5 Å². The number of aromatic carboxylic acids is 1. The maximum atomic E-state index is 13.1. The number of amides is 1. The van der Waals surface area contributed by atoms with Crippen molar-refractivity contribution in [2.75, 3.05) is 30.4 Å². The number of ether oxygens (including phenoxy) is 1. The number of carboxylic acid groups (broad SMARTS) is 1. The Bertz CT molecular complexity index is 1660. The van der Waals surface area contributed by atoms with E-state index >= 15 is 0 Å². The fourth-order valence-corrected chi connectivity index (χ4v) is 5.48. The molecule has 1 atom stereocenters. The molecule has 2 aliphatic rings. The number of hydrogen-bond acceptors (Lipinski definition) is 10. The molecule has 4 aromatic rings. The number of fused-ring (bicyclic) bond motifs is 1. The topological polar surface area (TPSA) is 152 Å². The first-order chi connectivity index (χ1) is 18.8. The van der Waals surface area contributed by atoms with Crippen molar-refractivity contribution in [1.82, 2.24) is 23.9 Å². The largest absolute Gasteiger partial charge is 0.495 e. The molecule has 1 saturated carbocycles. The van der Waals surface area contributed by atoms with Gasteiger partial charge in [0.1, 0.15) is 28.8 Å². The maximum absolute atomic E-state index is 13.1. The van der Waals surface area contributed by atoms with Gasteiger partial charge in [0.2, 0.25) is 16.5 Å². The third-order valence-corrected chi connectivity index (χ3v) is 7.79. The van der Waals surface area contributed by atoms with Crippen molar-refractivity contribution in [3.05, 3.63) is 57.8 Å². The smallest absolute Gasteiger partial charge is 0.341 e. The molecule has 2 fully saturated rings. The Morgan fingerprint density at radius 1 is 1.21 bits per heavy atom. The zero-order chi connectivity index (χ0) is 27.3. The lowest BCUT2D eigenvalue weighted by Crippen LogP contribution is -2.28. The quantitative estimate of drug-likeness (QED) is 0.353. The summed E-state index contributed by atoms with van der Waals surface area (Å²) in [7, 11) is 1.55.